The molecule has 22 heavy (non-hydrogen) atoms. The van der Waals surface area contributed by atoms with E-state index in [0.29, 0.717) is 10.6 Å². The van der Waals surface area contributed by atoms with Crippen molar-refractivity contribution in [2.75, 3.05) is 0 Å². The fourth-order valence-electron chi connectivity index (χ4n) is 1.87. The Labute approximate surface area is 131 Å². The summed E-state index contributed by atoms with van der Waals surface area (Å²) in [7, 11) is 0. The first-order valence-corrected chi connectivity index (χ1v) is 6.70. The van der Waals surface area contributed by atoms with Gasteiger partial charge in [0.2, 0.25) is 0 Å². The second-order valence-corrected chi connectivity index (χ2v) is 4.83. The van der Waals surface area contributed by atoms with Gasteiger partial charge in [-0.1, -0.05) is 35.9 Å². The summed E-state index contributed by atoms with van der Waals surface area (Å²) < 4.78 is 0. The molecule has 2 aromatic carbocycles. The van der Waals surface area contributed by atoms with Crippen LogP contribution in [0.4, 0.5) is 5.69 Å². The van der Waals surface area contributed by atoms with Crippen LogP contribution in [0.3, 0.4) is 0 Å². The average Bonchev–Trinajstić information content (AvgIpc) is 2.49. The molecule has 0 atom stereocenters. The van der Waals surface area contributed by atoms with E-state index in [2.05, 4.69) is 10.5 Å². The molecule has 1 N–H and O–H groups in total. The van der Waals surface area contributed by atoms with Crippen molar-refractivity contribution < 1.29 is 9.72 Å². The number of carbonyl (C=O) groups is 1. The van der Waals surface area contributed by atoms with E-state index < -0.39 is 10.8 Å². The van der Waals surface area contributed by atoms with Crippen LogP contribution < -0.4 is 5.43 Å². The highest BCUT2D eigenvalue weighted by atomic mass is 35.5. The van der Waals surface area contributed by atoms with E-state index >= 15 is 0 Å². The van der Waals surface area contributed by atoms with Crippen LogP contribution in [0.2, 0.25) is 5.02 Å². The first kappa shape index (κ1) is 15.7. The topological polar surface area (TPSA) is 84.6 Å². The lowest BCUT2D eigenvalue weighted by Gasteiger charge is -2.04. The Morgan fingerprint density at radius 2 is 2.00 bits per heavy atom. The summed E-state index contributed by atoms with van der Waals surface area (Å²) >= 11 is 5.96. The lowest BCUT2D eigenvalue weighted by atomic mass is 10.1. The van der Waals surface area contributed by atoms with Crippen molar-refractivity contribution in [3.8, 4) is 0 Å². The summed E-state index contributed by atoms with van der Waals surface area (Å²) in [6.07, 6.45) is 1.41. The molecule has 0 fully saturated rings. The Hall–Kier alpha value is -2.73. The molecule has 0 aliphatic rings. The van der Waals surface area contributed by atoms with Crippen LogP contribution in [0.5, 0.6) is 0 Å². The van der Waals surface area contributed by atoms with Crippen LogP contribution in [0.15, 0.2) is 47.6 Å². The third-order valence-electron chi connectivity index (χ3n) is 3.02. The Morgan fingerprint density at radius 3 is 2.68 bits per heavy atom. The molecular formula is C15H12ClN3O3. The number of rotatable bonds is 4. The monoisotopic (exact) mass is 317 g/mol. The minimum atomic E-state index is -0.529. The average molecular weight is 318 g/mol. The van der Waals surface area contributed by atoms with E-state index in [1.807, 2.05) is 0 Å². The van der Waals surface area contributed by atoms with Crippen molar-refractivity contribution in [2.24, 2.45) is 5.10 Å². The van der Waals surface area contributed by atoms with Crippen molar-refractivity contribution in [3.63, 3.8) is 0 Å². The van der Waals surface area contributed by atoms with Gasteiger partial charge >= 0.3 is 0 Å². The molecule has 0 unspecified atom stereocenters. The summed E-state index contributed by atoms with van der Waals surface area (Å²) in [6, 6.07) is 11.3. The van der Waals surface area contributed by atoms with Gasteiger partial charge in [-0.05, 0) is 19.1 Å². The zero-order valence-electron chi connectivity index (χ0n) is 11.6. The maximum absolute atomic E-state index is 12.0. The molecule has 7 heteroatoms. The highest BCUT2D eigenvalue weighted by molar-refractivity contribution is 6.33. The zero-order chi connectivity index (χ0) is 16.1. The molecule has 2 rings (SSSR count). The maximum Gasteiger partial charge on any atom is 0.273 e. The predicted octanol–water partition coefficient (Wildman–Crippen LogP) is 3.32. The number of halogens is 1. The SMILES string of the molecule is Cc1c(C(=O)N/N=C\c2ccccc2Cl)cccc1[N+](=O)[O-]. The highest BCUT2D eigenvalue weighted by Gasteiger charge is 2.17. The van der Waals surface area contributed by atoms with Crippen LogP contribution >= 0.6 is 11.6 Å². The van der Waals surface area contributed by atoms with Crippen molar-refractivity contribution in [1.29, 1.82) is 0 Å². The zero-order valence-corrected chi connectivity index (χ0v) is 12.4. The summed E-state index contributed by atoms with van der Waals surface area (Å²) in [4.78, 5) is 22.4. The van der Waals surface area contributed by atoms with Gasteiger partial charge in [0, 0.05) is 22.2 Å². The summed E-state index contributed by atoms with van der Waals surface area (Å²) in [5.74, 6) is -0.524. The third kappa shape index (κ3) is 3.48. The van der Waals surface area contributed by atoms with Gasteiger partial charge in [0.05, 0.1) is 16.7 Å². The Morgan fingerprint density at radius 1 is 1.27 bits per heavy atom. The molecule has 112 valence electrons. The van der Waals surface area contributed by atoms with E-state index in [1.54, 1.807) is 24.3 Å². The van der Waals surface area contributed by atoms with E-state index in [4.69, 9.17) is 11.6 Å². The van der Waals surface area contributed by atoms with Crippen molar-refractivity contribution in [3.05, 3.63) is 74.3 Å². The molecule has 0 saturated heterocycles. The minimum absolute atomic E-state index is 0.109. The van der Waals surface area contributed by atoms with Gasteiger partial charge in [-0.3, -0.25) is 14.9 Å². The molecule has 0 heterocycles. The smallest absolute Gasteiger partial charge is 0.267 e. The summed E-state index contributed by atoms with van der Waals surface area (Å²) in [6.45, 7) is 1.52. The molecule has 0 saturated carbocycles. The fraction of sp³-hybridized carbons (Fsp3) is 0.0667. The Balaban J connectivity index is 2.15. The van der Waals surface area contributed by atoms with E-state index in [0.717, 1.165) is 0 Å². The van der Waals surface area contributed by atoms with Gasteiger partial charge in [0.25, 0.3) is 11.6 Å². The number of nitrogens with one attached hydrogen (secondary N) is 1. The number of benzene rings is 2. The normalized spacial score (nSPS) is 10.6. The molecule has 0 radical (unpaired) electrons. The summed E-state index contributed by atoms with van der Waals surface area (Å²) in [5, 5.41) is 15.2. The molecule has 2 aromatic rings. The largest absolute Gasteiger partial charge is 0.273 e. The number of amides is 1. The fourth-order valence-corrected chi connectivity index (χ4v) is 2.05. The molecular weight excluding hydrogens is 306 g/mol. The summed E-state index contributed by atoms with van der Waals surface area (Å²) in [5.41, 5.74) is 3.36. The van der Waals surface area contributed by atoms with Crippen molar-refractivity contribution >= 4 is 29.4 Å². The highest BCUT2D eigenvalue weighted by Crippen LogP contribution is 2.20. The van der Waals surface area contributed by atoms with Gasteiger partial charge in [-0.15, -0.1) is 0 Å². The lowest BCUT2D eigenvalue weighted by Crippen LogP contribution is -2.19. The third-order valence-corrected chi connectivity index (χ3v) is 3.37. The van der Waals surface area contributed by atoms with Gasteiger partial charge in [-0.2, -0.15) is 5.10 Å². The first-order chi connectivity index (χ1) is 10.5. The second kappa shape index (κ2) is 6.82. The number of hydrogen-bond acceptors (Lipinski definition) is 4. The molecule has 1 amide bonds. The Bertz CT molecular complexity index is 759. The first-order valence-electron chi connectivity index (χ1n) is 6.32. The maximum atomic E-state index is 12.0. The molecule has 0 aliphatic carbocycles. The van der Waals surface area contributed by atoms with E-state index in [1.165, 1.54) is 31.3 Å². The van der Waals surface area contributed by atoms with E-state index in [9.17, 15) is 14.9 Å². The van der Waals surface area contributed by atoms with Crippen molar-refractivity contribution in [1.82, 2.24) is 5.43 Å². The predicted molar refractivity (Wildman–Crippen MR) is 84.3 cm³/mol. The van der Waals surface area contributed by atoms with Crippen LogP contribution in [-0.4, -0.2) is 17.0 Å². The van der Waals surface area contributed by atoms with Gasteiger partial charge in [-0.25, -0.2) is 5.43 Å². The quantitative estimate of drug-likeness (QED) is 0.533. The van der Waals surface area contributed by atoms with Crippen molar-refractivity contribution in [2.45, 2.75) is 6.92 Å². The van der Waals surface area contributed by atoms with Gasteiger partial charge in [0.1, 0.15) is 0 Å². The van der Waals surface area contributed by atoms with E-state index in [-0.39, 0.29) is 16.8 Å². The second-order valence-electron chi connectivity index (χ2n) is 4.43. The number of hydrazone groups is 1. The molecule has 0 bridgehead atoms. The molecule has 0 aromatic heterocycles. The Kier molecular flexibility index (Phi) is 4.85. The van der Waals surface area contributed by atoms with Crippen LogP contribution in [-0.2, 0) is 0 Å². The number of hydrogen-bond donors (Lipinski definition) is 1. The number of carbonyl (C=O) groups excluding carboxylic acids is 1. The van der Waals surface area contributed by atoms with Gasteiger partial charge < -0.3 is 0 Å². The number of nitrogens with zero attached hydrogens (tertiary/aromatic N) is 2. The van der Waals surface area contributed by atoms with Crippen LogP contribution in [0, 0.1) is 17.0 Å². The standard InChI is InChI=1S/C15H12ClN3O3/c1-10-12(6-4-8-14(10)19(21)22)15(20)18-17-9-11-5-2-3-7-13(11)16/h2-9H,1H3,(H,18,20)/b17-9-. The van der Waals surface area contributed by atoms with Crippen LogP contribution in [0.25, 0.3) is 0 Å². The number of nitro groups is 1. The lowest BCUT2D eigenvalue weighted by molar-refractivity contribution is -0.385. The molecule has 0 spiro atoms. The minimum Gasteiger partial charge on any atom is -0.267 e. The van der Waals surface area contributed by atoms with Gasteiger partial charge in [0.15, 0.2) is 0 Å². The number of nitro benzene ring substituents is 1. The van der Waals surface area contributed by atoms with Crippen LogP contribution in [0.1, 0.15) is 21.5 Å². The molecule has 6 nitrogen and oxygen atoms in total. The molecule has 0 aliphatic heterocycles.